The third kappa shape index (κ3) is 5.44. The highest BCUT2D eigenvalue weighted by Crippen LogP contribution is 2.41. The van der Waals surface area contributed by atoms with E-state index in [-0.39, 0.29) is 11.8 Å². The molecule has 2 N–H and O–H groups in total. The lowest BCUT2D eigenvalue weighted by Crippen LogP contribution is -2.56. The van der Waals surface area contributed by atoms with Gasteiger partial charge in [0, 0.05) is 37.4 Å². The van der Waals surface area contributed by atoms with Gasteiger partial charge in [0.15, 0.2) is 0 Å². The van der Waals surface area contributed by atoms with E-state index in [1.807, 2.05) is 4.90 Å². The van der Waals surface area contributed by atoms with E-state index >= 15 is 0 Å². The first-order valence-electron chi connectivity index (χ1n) is 11.5. The highest BCUT2D eigenvalue weighted by molar-refractivity contribution is 5.68. The van der Waals surface area contributed by atoms with Crippen molar-refractivity contribution in [2.24, 2.45) is 5.41 Å². The summed E-state index contributed by atoms with van der Waals surface area (Å²) in [7, 11) is 0. The first kappa shape index (κ1) is 22.6. The second-order valence-corrected chi connectivity index (χ2v) is 9.58. The standard InChI is InChI=1S/C25H31F2N3O2/c1-25(9-3-2-6-21-8-7-17-5-4-10-28-24(17)29-21)15-30(16-25)22(14-23(31)32)18-11-19(26)13-20(27)12-18/h7-8,11-13,22H,2-6,9-10,14-16H2,1H3,(H,28,29)(H,31,32). The van der Waals surface area contributed by atoms with Crippen LogP contribution >= 0.6 is 0 Å². The maximum Gasteiger partial charge on any atom is 0.305 e. The van der Waals surface area contributed by atoms with Crippen LogP contribution in [-0.4, -0.2) is 40.6 Å². The molecular weight excluding hydrogens is 412 g/mol. The van der Waals surface area contributed by atoms with E-state index in [4.69, 9.17) is 4.98 Å². The van der Waals surface area contributed by atoms with Gasteiger partial charge in [-0.15, -0.1) is 0 Å². The van der Waals surface area contributed by atoms with Crippen LogP contribution in [0.25, 0.3) is 0 Å². The fourth-order valence-corrected chi connectivity index (χ4v) is 5.07. The van der Waals surface area contributed by atoms with Crippen LogP contribution in [0.2, 0.25) is 0 Å². The Morgan fingerprint density at radius 2 is 1.97 bits per heavy atom. The number of hydrogen-bond donors (Lipinski definition) is 2. The number of fused-ring (bicyclic) bond motifs is 1. The van der Waals surface area contributed by atoms with Crippen molar-refractivity contribution in [2.75, 3.05) is 25.0 Å². The van der Waals surface area contributed by atoms with Gasteiger partial charge in [0.2, 0.25) is 0 Å². The second-order valence-electron chi connectivity index (χ2n) is 9.58. The number of benzene rings is 1. The average molecular weight is 444 g/mol. The molecule has 1 saturated heterocycles. The van der Waals surface area contributed by atoms with Crippen LogP contribution in [0.4, 0.5) is 14.6 Å². The summed E-state index contributed by atoms with van der Waals surface area (Å²) in [6.07, 6.45) is 6.17. The average Bonchev–Trinajstić information content (AvgIpc) is 2.72. The van der Waals surface area contributed by atoms with E-state index in [2.05, 4.69) is 24.4 Å². The zero-order chi connectivity index (χ0) is 22.7. The van der Waals surface area contributed by atoms with Crippen molar-refractivity contribution in [3.63, 3.8) is 0 Å². The van der Waals surface area contributed by atoms with Crippen LogP contribution in [0.5, 0.6) is 0 Å². The molecule has 1 atom stereocenters. The first-order valence-corrected chi connectivity index (χ1v) is 11.5. The van der Waals surface area contributed by atoms with Gasteiger partial charge >= 0.3 is 5.97 Å². The molecule has 32 heavy (non-hydrogen) atoms. The summed E-state index contributed by atoms with van der Waals surface area (Å²) in [5.74, 6) is -1.29. The number of carbonyl (C=O) groups is 1. The number of aryl methyl sites for hydroxylation is 2. The number of likely N-dealkylation sites (tertiary alicyclic amines) is 1. The minimum atomic E-state index is -0.972. The van der Waals surface area contributed by atoms with Gasteiger partial charge in [-0.25, -0.2) is 13.8 Å². The summed E-state index contributed by atoms with van der Waals surface area (Å²) >= 11 is 0. The van der Waals surface area contributed by atoms with Crippen LogP contribution in [0.1, 0.15) is 61.9 Å². The molecule has 1 unspecified atom stereocenters. The van der Waals surface area contributed by atoms with Crippen molar-refractivity contribution in [1.29, 1.82) is 0 Å². The van der Waals surface area contributed by atoms with Crippen molar-refractivity contribution >= 4 is 11.8 Å². The number of hydrogen-bond acceptors (Lipinski definition) is 4. The van der Waals surface area contributed by atoms with E-state index in [9.17, 15) is 18.7 Å². The molecule has 3 heterocycles. The molecule has 0 bridgehead atoms. The van der Waals surface area contributed by atoms with Gasteiger partial charge in [-0.05, 0) is 66.8 Å². The van der Waals surface area contributed by atoms with E-state index in [1.54, 1.807) is 0 Å². The number of carboxylic acid groups (broad SMARTS) is 1. The van der Waals surface area contributed by atoms with E-state index in [0.717, 1.165) is 75.7 Å². The monoisotopic (exact) mass is 443 g/mol. The second kappa shape index (κ2) is 9.53. The third-order valence-electron chi connectivity index (χ3n) is 6.66. The molecule has 4 rings (SSSR count). The van der Waals surface area contributed by atoms with Gasteiger partial charge in [0.1, 0.15) is 17.5 Å². The smallest absolute Gasteiger partial charge is 0.305 e. The molecule has 0 aliphatic carbocycles. The molecule has 0 spiro atoms. The van der Waals surface area contributed by atoms with Crippen LogP contribution in [0.15, 0.2) is 30.3 Å². The number of unbranched alkanes of at least 4 members (excludes halogenated alkanes) is 1. The van der Waals surface area contributed by atoms with Crippen molar-refractivity contribution in [3.05, 3.63) is 58.8 Å². The topological polar surface area (TPSA) is 65.5 Å². The summed E-state index contributed by atoms with van der Waals surface area (Å²) in [4.78, 5) is 18.2. The number of halogens is 2. The highest BCUT2D eigenvalue weighted by atomic mass is 19.1. The van der Waals surface area contributed by atoms with Crippen molar-refractivity contribution in [1.82, 2.24) is 9.88 Å². The van der Waals surface area contributed by atoms with Crippen molar-refractivity contribution < 1.29 is 18.7 Å². The minimum absolute atomic E-state index is 0.0907. The molecule has 2 aliphatic heterocycles. The molecule has 0 saturated carbocycles. The number of nitrogens with one attached hydrogen (secondary N) is 1. The fourth-order valence-electron chi connectivity index (χ4n) is 5.07. The summed E-state index contributed by atoms with van der Waals surface area (Å²) in [6.45, 7) is 4.65. The molecule has 2 aliphatic rings. The Morgan fingerprint density at radius 1 is 1.22 bits per heavy atom. The fraction of sp³-hybridized carbons (Fsp3) is 0.520. The van der Waals surface area contributed by atoms with E-state index < -0.39 is 23.6 Å². The Labute approximate surface area is 187 Å². The maximum absolute atomic E-state index is 13.7. The van der Waals surface area contributed by atoms with Crippen LogP contribution in [0, 0.1) is 17.0 Å². The number of aliphatic carboxylic acids is 1. The van der Waals surface area contributed by atoms with Crippen LogP contribution in [-0.2, 0) is 17.6 Å². The number of carboxylic acids is 1. The highest BCUT2D eigenvalue weighted by Gasteiger charge is 2.42. The summed E-state index contributed by atoms with van der Waals surface area (Å²) < 4.78 is 27.4. The lowest BCUT2D eigenvalue weighted by Gasteiger charge is -2.52. The summed E-state index contributed by atoms with van der Waals surface area (Å²) in [6, 6.07) is 7.10. The Kier molecular flexibility index (Phi) is 6.74. The molecular formula is C25H31F2N3O2. The summed E-state index contributed by atoms with van der Waals surface area (Å²) in [5.41, 5.74) is 2.90. The van der Waals surface area contributed by atoms with Gasteiger partial charge in [-0.2, -0.15) is 0 Å². The number of aromatic nitrogens is 1. The van der Waals surface area contributed by atoms with Crippen LogP contribution in [0.3, 0.4) is 0 Å². The summed E-state index contributed by atoms with van der Waals surface area (Å²) in [5, 5.41) is 12.7. The molecule has 2 aromatic rings. The van der Waals surface area contributed by atoms with Crippen LogP contribution < -0.4 is 5.32 Å². The zero-order valence-corrected chi connectivity index (χ0v) is 18.5. The van der Waals surface area contributed by atoms with Gasteiger partial charge in [0.05, 0.1) is 6.42 Å². The molecule has 0 amide bonds. The molecule has 1 fully saturated rings. The Morgan fingerprint density at radius 3 is 2.69 bits per heavy atom. The van der Waals surface area contributed by atoms with E-state index in [0.29, 0.717) is 5.56 Å². The normalized spacial score (nSPS) is 18.3. The molecule has 0 radical (unpaired) electrons. The third-order valence-corrected chi connectivity index (χ3v) is 6.66. The van der Waals surface area contributed by atoms with Gasteiger partial charge in [-0.3, -0.25) is 9.69 Å². The largest absolute Gasteiger partial charge is 0.481 e. The number of nitrogens with zero attached hydrogens (tertiary/aromatic N) is 2. The van der Waals surface area contributed by atoms with Crippen molar-refractivity contribution in [3.8, 4) is 0 Å². The minimum Gasteiger partial charge on any atom is -0.481 e. The molecule has 1 aromatic carbocycles. The SMILES string of the molecule is CC1(CCCCc2ccc3c(n2)NCCC3)CN(C(CC(=O)O)c2cc(F)cc(F)c2)C1. The van der Waals surface area contributed by atoms with Gasteiger partial charge in [-0.1, -0.05) is 19.4 Å². The molecule has 5 nitrogen and oxygen atoms in total. The number of pyridine rings is 1. The van der Waals surface area contributed by atoms with Gasteiger partial charge < -0.3 is 10.4 Å². The number of rotatable bonds is 9. The predicted molar refractivity (Wildman–Crippen MR) is 120 cm³/mol. The number of anilines is 1. The molecule has 1 aromatic heterocycles. The van der Waals surface area contributed by atoms with E-state index in [1.165, 1.54) is 17.7 Å². The quantitative estimate of drug-likeness (QED) is 0.536. The van der Waals surface area contributed by atoms with Gasteiger partial charge in [0.25, 0.3) is 0 Å². The maximum atomic E-state index is 13.7. The lowest BCUT2D eigenvalue weighted by molar-refractivity contribution is -0.140. The first-order chi connectivity index (χ1) is 15.3. The lowest BCUT2D eigenvalue weighted by atomic mass is 9.75. The molecule has 7 heteroatoms. The Balaban J connectivity index is 1.28. The predicted octanol–water partition coefficient (Wildman–Crippen LogP) is 4.97. The Bertz CT molecular complexity index is 955. The molecule has 172 valence electrons. The zero-order valence-electron chi connectivity index (χ0n) is 18.5. The van der Waals surface area contributed by atoms with Crippen molar-refractivity contribution in [2.45, 2.75) is 57.9 Å². The Hall–Kier alpha value is -2.54.